The Bertz CT molecular complexity index is 644. The number of amides is 2. The number of anilines is 1. The van der Waals surface area contributed by atoms with E-state index in [4.69, 9.17) is 0 Å². The predicted octanol–water partition coefficient (Wildman–Crippen LogP) is 0.140. The molecule has 7 nitrogen and oxygen atoms in total. The van der Waals surface area contributed by atoms with E-state index in [1.807, 2.05) is 4.90 Å². The summed E-state index contributed by atoms with van der Waals surface area (Å²) in [7, 11) is 0. The van der Waals surface area contributed by atoms with Gasteiger partial charge < -0.3 is 15.1 Å². The molecule has 128 valence electrons. The summed E-state index contributed by atoms with van der Waals surface area (Å²) in [4.78, 5) is 28.0. The van der Waals surface area contributed by atoms with Gasteiger partial charge in [0.15, 0.2) is 5.82 Å². The molecule has 7 heteroatoms. The molecule has 0 aromatic carbocycles. The van der Waals surface area contributed by atoms with Crippen molar-refractivity contribution in [2.45, 2.75) is 32.1 Å². The van der Waals surface area contributed by atoms with Gasteiger partial charge in [-0.1, -0.05) is 0 Å². The largest absolute Gasteiger partial charge is 0.355 e. The average Bonchev–Trinajstić information content (AvgIpc) is 3.09. The fourth-order valence-corrected chi connectivity index (χ4v) is 3.83. The number of aryl methyl sites for hydroxylation is 2. The molecule has 1 N–H and O–H groups in total. The number of piperazine rings is 1. The van der Waals surface area contributed by atoms with E-state index in [1.54, 1.807) is 0 Å². The van der Waals surface area contributed by atoms with Gasteiger partial charge in [0.05, 0.1) is 11.6 Å². The third kappa shape index (κ3) is 2.95. The molecule has 0 saturated carbocycles. The van der Waals surface area contributed by atoms with Crippen LogP contribution in [0.2, 0.25) is 0 Å². The van der Waals surface area contributed by atoms with E-state index in [1.165, 1.54) is 12.0 Å². The monoisotopic (exact) mass is 329 g/mol. The van der Waals surface area contributed by atoms with Gasteiger partial charge in [-0.2, -0.15) is 5.10 Å². The highest BCUT2D eigenvalue weighted by atomic mass is 16.2. The Kier molecular flexibility index (Phi) is 4.08. The SMILES string of the molecule is O=C1CCC(C(=O)N2CCN(c3cc4c(nn3)CCC4)CC2)CN1. The summed E-state index contributed by atoms with van der Waals surface area (Å²) in [6.45, 7) is 3.48. The topological polar surface area (TPSA) is 78.4 Å². The van der Waals surface area contributed by atoms with E-state index in [2.05, 4.69) is 26.5 Å². The van der Waals surface area contributed by atoms with Gasteiger partial charge in [-0.25, -0.2) is 0 Å². The molecule has 1 aliphatic carbocycles. The molecule has 2 fully saturated rings. The minimum atomic E-state index is -0.0611. The molecule has 1 aromatic heterocycles. The summed E-state index contributed by atoms with van der Waals surface area (Å²) < 4.78 is 0. The molecule has 0 bridgehead atoms. The van der Waals surface area contributed by atoms with Crippen LogP contribution < -0.4 is 10.2 Å². The summed E-state index contributed by atoms with van der Waals surface area (Å²) in [5.41, 5.74) is 2.48. The second-order valence-electron chi connectivity index (χ2n) is 6.88. The molecule has 24 heavy (non-hydrogen) atoms. The number of hydrogen-bond donors (Lipinski definition) is 1. The quantitative estimate of drug-likeness (QED) is 0.835. The fourth-order valence-electron chi connectivity index (χ4n) is 3.83. The predicted molar refractivity (Wildman–Crippen MR) is 88.6 cm³/mol. The van der Waals surface area contributed by atoms with E-state index < -0.39 is 0 Å². The number of carbonyl (C=O) groups excluding carboxylic acids is 2. The molecule has 4 rings (SSSR count). The summed E-state index contributed by atoms with van der Waals surface area (Å²) >= 11 is 0. The summed E-state index contributed by atoms with van der Waals surface area (Å²) in [5.74, 6) is 1.11. The molecule has 3 heterocycles. The molecule has 1 aromatic rings. The molecule has 2 amide bonds. The first-order chi connectivity index (χ1) is 11.7. The van der Waals surface area contributed by atoms with Gasteiger partial charge in [0.25, 0.3) is 0 Å². The van der Waals surface area contributed by atoms with Crippen LogP contribution in [0, 0.1) is 5.92 Å². The number of nitrogens with one attached hydrogen (secondary N) is 1. The maximum Gasteiger partial charge on any atom is 0.227 e. The number of carbonyl (C=O) groups is 2. The third-order valence-electron chi connectivity index (χ3n) is 5.34. The molecule has 1 atom stereocenters. The maximum absolute atomic E-state index is 12.6. The van der Waals surface area contributed by atoms with Gasteiger partial charge in [0.2, 0.25) is 11.8 Å². The van der Waals surface area contributed by atoms with Crippen molar-refractivity contribution in [3.63, 3.8) is 0 Å². The van der Waals surface area contributed by atoms with E-state index in [-0.39, 0.29) is 17.7 Å². The second-order valence-corrected chi connectivity index (χ2v) is 6.88. The first-order valence-corrected chi connectivity index (χ1v) is 8.86. The summed E-state index contributed by atoms with van der Waals surface area (Å²) in [6.07, 6.45) is 4.45. The van der Waals surface area contributed by atoms with Gasteiger partial charge in [0, 0.05) is 39.1 Å². The molecular weight excluding hydrogens is 306 g/mol. The van der Waals surface area contributed by atoms with Crippen LogP contribution in [-0.4, -0.2) is 59.6 Å². The Morgan fingerprint density at radius 3 is 2.71 bits per heavy atom. The second kappa shape index (κ2) is 6.37. The highest BCUT2D eigenvalue weighted by molar-refractivity contribution is 5.84. The lowest BCUT2D eigenvalue weighted by Gasteiger charge is -2.37. The molecular formula is C17H23N5O2. The number of hydrogen-bond acceptors (Lipinski definition) is 5. The standard InChI is InChI=1S/C17H23N5O2/c23-16-5-4-13(11-18-16)17(24)22-8-6-21(7-9-22)15-10-12-2-1-3-14(12)19-20-15/h10,13H,1-9,11H2,(H,18,23). The van der Waals surface area contributed by atoms with Crippen LogP contribution in [0.1, 0.15) is 30.5 Å². The van der Waals surface area contributed by atoms with Crippen LogP contribution in [-0.2, 0) is 22.4 Å². The number of aromatic nitrogens is 2. The molecule has 0 radical (unpaired) electrons. The van der Waals surface area contributed by atoms with Crippen LogP contribution >= 0.6 is 0 Å². The highest BCUT2D eigenvalue weighted by Crippen LogP contribution is 2.24. The molecule has 0 spiro atoms. The van der Waals surface area contributed by atoms with Gasteiger partial charge in [-0.3, -0.25) is 9.59 Å². The lowest BCUT2D eigenvalue weighted by Crippen LogP contribution is -2.52. The summed E-state index contributed by atoms with van der Waals surface area (Å²) in [5, 5.41) is 11.5. The Hall–Kier alpha value is -2.18. The Labute approximate surface area is 141 Å². The van der Waals surface area contributed by atoms with E-state index in [0.29, 0.717) is 32.5 Å². The minimum absolute atomic E-state index is 0.0547. The number of fused-ring (bicyclic) bond motifs is 1. The van der Waals surface area contributed by atoms with Crippen molar-refractivity contribution in [3.05, 3.63) is 17.3 Å². The molecule has 2 saturated heterocycles. The van der Waals surface area contributed by atoms with Crippen molar-refractivity contribution in [1.29, 1.82) is 0 Å². The van der Waals surface area contributed by atoms with Gasteiger partial charge in [-0.15, -0.1) is 5.10 Å². The van der Waals surface area contributed by atoms with Crippen molar-refractivity contribution in [1.82, 2.24) is 20.4 Å². The smallest absolute Gasteiger partial charge is 0.227 e. The van der Waals surface area contributed by atoms with Crippen LogP contribution in [0.4, 0.5) is 5.82 Å². The van der Waals surface area contributed by atoms with Gasteiger partial charge in [0.1, 0.15) is 0 Å². The molecule has 1 unspecified atom stereocenters. The molecule has 2 aliphatic heterocycles. The van der Waals surface area contributed by atoms with Gasteiger partial charge >= 0.3 is 0 Å². The highest BCUT2D eigenvalue weighted by Gasteiger charge is 2.30. The van der Waals surface area contributed by atoms with Crippen LogP contribution in [0.25, 0.3) is 0 Å². The lowest BCUT2D eigenvalue weighted by atomic mass is 9.97. The normalized spacial score (nSPS) is 23.8. The van der Waals surface area contributed by atoms with Crippen LogP contribution in [0.5, 0.6) is 0 Å². The zero-order valence-electron chi connectivity index (χ0n) is 13.8. The first-order valence-electron chi connectivity index (χ1n) is 8.86. The maximum atomic E-state index is 12.6. The minimum Gasteiger partial charge on any atom is -0.355 e. The molecule has 3 aliphatic rings. The third-order valence-corrected chi connectivity index (χ3v) is 5.34. The number of piperidine rings is 1. The summed E-state index contributed by atoms with van der Waals surface area (Å²) in [6, 6.07) is 2.17. The Morgan fingerprint density at radius 1 is 1.12 bits per heavy atom. The Balaban J connectivity index is 1.35. The zero-order valence-corrected chi connectivity index (χ0v) is 13.8. The number of rotatable bonds is 2. The van der Waals surface area contributed by atoms with E-state index in [0.717, 1.165) is 37.4 Å². The van der Waals surface area contributed by atoms with Crippen LogP contribution in [0.3, 0.4) is 0 Å². The average molecular weight is 329 g/mol. The van der Waals surface area contributed by atoms with Crippen molar-refractivity contribution in [2.75, 3.05) is 37.6 Å². The van der Waals surface area contributed by atoms with Crippen LogP contribution in [0.15, 0.2) is 6.07 Å². The van der Waals surface area contributed by atoms with Crippen molar-refractivity contribution >= 4 is 17.6 Å². The first kappa shape index (κ1) is 15.4. The van der Waals surface area contributed by atoms with Crippen molar-refractivity contribution < 1.29 is 9.59 Å². The van der Waals surface area contributed by atoms with E-state index in [9.17, 15) is 9.59 Å². The lowest BCUT2D eigenvalue weighted by molar-refractivity contribution is -0.137. The van der Waals surface area contributed by atoms with Crippen molar-refractivity contribution in [2.24, 2.45) is 5.92 Å². The van der Waals surface area contributed by atoms with Crippen molar-refractivity contribution in [3.8, 4) is 0 Å². The van der Waals surface area contributed by atoms with E-state index >= 15 is 0 Å². The fraction of sp³-hybridized carbons (Fsp3) is 0.647. The Morgan fingerprint density at radius 2 is 1.96 bits per heavy atom. The van der Waals surface area contributed by atoms with Gasteiger partial charge in [-0.05, 0) is 37.3 Å². The zero-order chi connectivity index (χ0) is 16.5. The number of nitrogens with zero attached hydrogens (tertiary/aromatic N) is 4.